The van der Waals surface area contributed by atoms with Crippen LogP contribution >= 0.6 is 0 Å². The van der Waals surface area contributed by atoms with E-state index in [1.54, 1.807) is 18.1 Å². The molecule has 2 aromatic carbocycles. The van der Waals surface area contributed by atoms with E-state index in [1.807, 2.05) is 45.0 Å². The lowest BCUT2D eigenvalue weighted by Gasteiger charge is -2.33. The topological polar surface area (TPSA) is 48.0 Å². The van der Waals surface area contributed by atoms with Crippen LogP contribution in [-0.2, 0) is 9.47 Å². The molecule has 2 aromatic rings. The molecule has 0 atom stereocenters. The van der Waals surface area contributed by atoms with Crippen LogP contribution in [0.15, 0.2) is 55.1 Å². The first-order chi connectivity index (χ1) is 13.8. The van der Waals surface area contributed by atoms with E-state index in [4.69, 9.17) is 14.2 Å². The van der Waals surface area contributed by atoms with Gasteiger partial charge >= 0.3 is 6.09 Å². The summed E-state index contributed by atoms with van der Waals surface area (Å²) in [6.07, 6.45) is 3.51. The van der Waals surface area contributed by atoms with Gasteiger partial charge in [0.25, 0.3) is 0 Å². The maximum absolute atomic E-state index is 11.8. The molecule has 1 amide bonds. The summed E-state index contributed by atoms with van der Waals surface area (Å²) in [6.45, 7) is 11.2. The molecular weight excluding hydrogens is 366 g/mol. The zero-order valence-corrected chi connectivity index (χ0v) is 18.0. The van der Waals surface area contributed by atoms with Crippen molar-refractivity contribution >= 4 is 16.9 Å². The molecule has 1 aliphatic rings. The highest BCUT2D eigenvalue weighted by atomic mass is 16.6. The Labute approximate surface area is 174 Å². The van der Waals surface area contributed by atoms with Gasteiger partial charge in [-0.25, -0.2) is 4.79 Å². The second-order valence-electron chi connectivity index (χ2n) is 8.00. The monoisotopic (exact) mass is 399 g/mol. The number of carbonyl (C=O) groups excluding carboxylic acids is 1. The maximum Gasteiger partial charge on any atom is 0.410 e. The number of hydrogen-bond acceptors (Lipinski definition) is 4. The summed E-state index contributed by atoms with van der Waals surface area (Å²) in [5.74, 6) is 0.911. The van der Waals surface area contributed by atoms with Gasteiger partial charge in [-0.2, -0.15) is 0 Å². The minimum absolute atomic E-state index is 0.223. The Morgan fingerprint density at radius 3 is 2.38 bits per heavy atom. The fourth-order valence-electron chi connectivity index (χ4n) is 3.03. The minimum Gasteiger partial charge on any atom is -0.497 e. The van der Waals surface area contributed by atoms with Crippen molar-refractivity contribution in [3.05, 3.63) is 55.1 Å². The fourth-order valence-corrected chi connectivity index (χ4v) is 3.03. The van der Waals surface area contributed by atoms with Gasteiger partial charge in [0.1, 0.15) is 11.4 Å². The number of methoxy groups -OCH3 is 1. The summed E-state index contributed by atoms with van der Waals surface area (Å²) in [4.78, 5) is 13.5. The van der Waals surface area contributed by atoms with E-state index in [0.29, 0.717) is 19.7 Å². The van der Waals surface area contributed by atoms with Crippen molar-refractivity contribution in [1.29, 1.82) is 0 Å². The van der Waals surface area contributed by atoms with Crippen LogP contribution in [0.4, 0.5) is 4.79 Å². The van der Waals surface area contributed by atoms with Gasteiger partial charge in [0.15, 0.2) is 0 Å². The number of ether oxygens (including phenoxy) is 3. The maximum atomic E-state index is 11.8. The molecule has 0 bridgehead atoms. The predicted octanol–water partition coefficient (Wildman–Crippen LogP) is 5.44. The molecule has 5 heteroatoms. The fraction of sp³-hybridized carbons (Fsp3) is 0.458. The van der Waals surface area contributed by atoms with Crippen LogP contribution in [0.25, 0.3) is 10.8 Å². The lowest BCUT2D eigenvalue weighted by atomic mass is 10.1. The predicted molar refractivity (Wildman–Crippen MR) is 117 cm³/mol. The number of piperidine rings is 1. The molecule has 5 nitrogen and oxygen atoms in total. The Balaban J connectivity index is 0.000000218. The molecule has 0 aliphatic carbocycles. The summed E-state index contributed by atoms with van der Waals surface area (Å²) in [6, 6.07) is 14.3. The molecule has 0 N–H and O–H groups in total. The quantitative estimate of drug-likeness (QED) is 0.643. The summed E-state index contributed by atoms with van der Waals surface area (Å²) < 4.78 is 16.0. The Bertz CT molecular complexity index is 789. The van der Waals surface area contributed by atoms with Gasteiger partial charge in [0.05, 0.1) is 19.8 Å². The van der Waals surface area contributed by atoms with Crippen molar-refractivity contribution in [3.8, 4) is 5.75 Å². The molecule has 0 aromatic heterocycles. The van der Waals surface area contributed by atoms with Crippen molar-refractivity contribution in [3.63, 3.8) is 0 Å². The Morgan fingerprint density at radius 2 is 1.79 bits per heavy atom. The molecule has 1 saturated heterocycles. The van der Waals surface area contributed by atoms with E-state index in [1.165, 1.54) is 10.8 Å². The Hall–Kier alpha value is -2.53. The van der Waals surface area contributed by atoms with Gasteiger partial charge in [-0.05, 0) is 56.5 Å². The van der Waals surface area contributed by atoms with Crippen LogP contribution in [0.2, 0.25) is 0 Å². The molecular formula is C24H33NO4. The average Bonchev–Trinajstić information content (AvgIpc) is 2.71. The highest BCUT2D eigenvalue weighted by Crippen LogP contribution is 2.20. The molecule has 0 spiro atoms. The number of rotatable bonds is 4. The van der Waals surface area contributed by atoms with Crippen LogP contribution in [0.1, 0.15) is 33.6 Å². The second-order valence-corrected chi connectivity index (χ2v) is 8.00. The first kappa shape index (κ1) is 22.8. The standard InChI is InChI=1S/C13H23NO3.C11H10O/c1-5-10-16-11-6-8-14(9-7-11)12(15)17-13(2,3)4;1-12-11-7-6-9-4-2-3-5-10(9)8-11/h5,11H,1,6-10H2,2-4H3;2-8H,1H3. The van der Waals surface area contributed by atoms with Gasteiger partial charge in [-0.1, -0.05) is 36.4 Å². The number of amides is 1. The zero-order valence-electron chi connectivity index (χ0n) is 18.0. The molecule has 0 radical (unpaired) electrons. The van der Waals surface area contributed by atoms with Crippen LogP contribution in [-0.4, -0.2) is 49.5 Å². The third-order valence-corrected chi connectivity index (χ3v) is 4.50. The van der Waals surface area contributed by atoms with Gasteiger partial charge in [-0.15, -0.1) is 6.58 Å². The van der Waals surface area contributed by atoms with Crippen LogP contribution in [0.3, 0.4) is 0 Å². The van der Waals surface area contributed by atoms with E-state index in [9.17, 15) is 4.79 Å². The largest absolute Gasteiger partial charge is 0.497 e. The highest BCUT2D eigenvalue weighted by molar-refractivity contribution is 5.83. The summed E-state index contributed by atoms with van der Waals surface area (Å²) in [5.41, 5.74) is -0.423. The second kappa shape index (κ2) is 10.9. The molecule has 0 saturated carbocycles. The van der Waals surface area contributed by atoms with Crippen LogP contribution in [0, 0.1) is 0 Å². The minimum atomic E-state index is -0.423. The Kier molecular flexibility index (Phi) is 8.52. The van der Waals surface area contributed by atoms with Crippen molar-refractivity contribution in [2.75, 3.05) is 26.8 Å². The molecule has 1 fully saturated rings. The van der Waals surface area contributed by atoms with Crippen molar-refractivity contribution in [1.82, 2.24) is 4.90 Å². The lowest BCUT2D eigenvalue weighted by molar-refractivity contribution is -0.00468. The van der Waals surface area contributed by atoms with Crippen LogP contribution < -0.4 is 4.74 Å². The number of likely N-dealkylation sites (tertiary alicyclic amines) is 1. The number of hydrogen-bond donors (Lipinski definition) is 0. The Morgan fingerprint density at radius 1 is 1.14 bits per heavy atom. The van der Waals surface area contributed by atoms with E-state index >= 15 is 0 Å². The summed E-state index contributed by atoms with van der Waals surface area (Å²) in [5, 5.41) is 2.47. The molecule has 1 heterocycles. The van der Waals surface area contributed by atoms with E-state index < -0.39 is 5.60 Å². The van der Waals surface area contributed by atoms with E-state index in [-0.39, 0.29) is 12.2 Å². The van der Waals surface area contributed by atoms with E-state index in [0.717, 1.165) is 18.6 Å². The van der Waals surface area contributed by atoms with Gasteiger partial charge < -0.3 is 19.1 Å². The normalized spacial score (nSPS) is 14.7. The number of fused-ring (bicyclic) bond motifs is 1. The lowest BCUT2D eigenvalue weighted by Crippen LogP contribution is -2.43. The van der Waals surface area contributed by atoms with Crippen molar-refractivity contribution in [2.24, 2.45) is 0 Å². The van der Waals surface area contributed by atoms with Crippen molar-refractivity contribution < 1.29 is 19.0 Å². The molecule has 3 rings (SSSR count). The first-order valence-electron chi connectivity index (χ1n) is 10.1. The SMILES string of the molecule is C=CCOC1CCN(C(=O)OC(C)(C)C)CC1.COc1ccc2ccccc2c1. The molecule has 158 valence electrons. The molecule has 1 aliphatic heterocycles. The van der Waals surface area contributed by atoms with Gasteiger partial charge in [-0.3, -0.25) is 0 Å². The summed E-state index contributed by atoms with van der Waals surface area (Å²) in [7, 11) is 1.68. The number of carbonyl (C=O) groups is 1. The first-order valence-corrected chi connectivity index (χ1v) is 10.1. The van der Waals surface area contributed by atoms with Crippen molar-refractivity contribution in [2.45, 2.75) is 45.3 Å². The van der Waals surface area contributed by atoms with Gasteiger partial charge in [0, 0.05) is 13.1 Å². The highest BCUT2D eigenvalue weighted by Gasteiger charge is 2.26. The van der Waals surface area contributed by atoms with E-state index in [2.05, 4.69) is 24.8 Å². The third kappa shape index (κ3) is 7.78. The molecule has 0 unspecified atom stereocenters. The van der Waals surface area contributed by atoms with Crippen LogP contribution in [0.5, 0.6) is 5.75 Å². The zero-order chi connectivity index (χ0) is 21.3. The summed E-state index contributed by atoms with van der Waals surface area (Å²) >= 11 is 0. The average molecular weight is 400 g/mol. The smallest absolute Gasteiger partial charge is 0.410 e. The van der Waals surface area contributed by atoms with Gasteiger partial charge in [0.2, 0.25) is 0 Å². The third-order valence-electron chi connectivity index (χ3n) is 4.50. The number of benzene rings is 2. The molecule has 29 heavy (non-hydrogen) atoms. The number of nitrogens with zero attached hydrogens (tertiary/aromatic N) is 1.